The molecule has 1 aliphatic rings. The molecule has 2 N–H and O–H groups in total. The number of methoxy groups -OCH3 is 1. The van der Waals surface area contributed by atoms with Crippen LogP contribution in [0.3, 0.4) is 0 Å². The fourth-order valence-electron chi connectivity index (χ4n) is 3.87. The number of ether oxygens (including phenoxy) is 2. The lowest BCUT2D eigenvalue weighted by Gasteiger charge is -2.40. The van der Waals surface area contributed by atoms with E-state index in [0.29, 0.717) is 31.7 Å². The summed E-state index contributed by atoms with van der Waals surface area (Å²) < 4.78 is 11.1. The molecule has 31 heavy (non-hydrogen) atoms. The van der Waals surface area contributed by atoms with Crippen LogP contribution in [-0.4, -0.2) is 88.9 Å². The maximum absolute atomic E-state index is 6.01. The molecule has 0 radical (unpaired) electrons. The monoisotopic (exact) mass is 433 g/mol. The molecule has 1 heterocycles. The minimum atomic E-state index is 0.492. The minimum absolute atomic E-state index is 0.492. The highest BCUT2D eigenvalue weighted by atomic mass is 16.5. The quantitative estimate of drug-likeness (QED) is 0.317. The molecule has 1 saturated heterocycles. The SMILES string of the molecule is CN=C(NCc1ccc(C)cc1OCCCOC)NCC(C(C)C)N1CCN(C)CC1. The molecule has 7 heteroatoms. The predicted octanol–water partition coefficient (Wildman–Crippen LogP) is 2.35. The number of nitrogens with one attached hydrogen (secondary N) is 2. The summed E-state index contributed by atoms with van der Waals surface area (Å²) in [6, 6.07) is 6.84. The van der Waals surface area contributed by atoms with E-state index in [1.807, 2.05) is 7.05 Å². The van der Waals surface area contributed by atoms with E-state index in [1.165, 1.54) is 5.56 Å². The van der Waals surface area contributed by atoms with Gasteiger partial charge >= 0.3 is 0 Å². The standard InChI is InChI=1S/C24H43N5O2/c1-19(2)22(29-12-10-28(5)11-13-29)18-27-24(25-4)26-17-21-9-8-20(3)16-23(21)31-15-7-14-30-6/h8-9,16,19,22H,7,10-15,17-18H2,1-6H3,(H2,25,26,27). The average molecular weight is 434 g/mol. The first kappa shape index (κ1) is 25.4. The fourth-order valence-corrected chi connectivity index (χ4v) is 3.87. The van der Waals surface area contributed by atoms with Gasteiger partial charge in [-0.3, -0.25) is 9.89 Å². The van der Waals surface area contributed by atoms with Gasteiger partial charge in [0.05, 0.1) is 6.61 Å². The Morgan fingerprint density at radius 2 is 1.87 bits per heavy atom. The number of hydrogen-bond donors (Lipinski definition) is 2. The smallest absolute Gasteiger partial charge is 0.191 e. The molecule has 1 aliphatic heterocycles. The van der Waals surface area contributed by atoms with Gasteiger partial charge in [0.2, 0.25) is 0 Å². The molecule has 1 unspecified atom stereocenters. The number of hydrogen-bond acceptors (Lipinski definition) is 5. The molecule has 0 aromatic heterocycles. The third-order valence-electron chi connectivity index (χ3n) is 5.90. The number of likely N-dealkylation sites (N-methyl/N-ethyl adjacent to an activating group) is 1. The number of aliphatic imine (C=N–C) groups is 1. The molecule has 176 valence electrons. The minimum Gasteiger partial charge on any atom is -0.493 e. The fraction of sp³-hybridized carbons (Fsp3) is 0.708. The van der Waals surface area contributed by atoms with Crippen molar-refractivity contribution in [1.29, 1.82) is 0 Å². The maximum atomic E-state index is 6.01. The Morgan fingerprint density at radius 3 is 2.52 bits per heavy atom. The van der Waals surface area contributed by atoms with Gasteiger partial charge in [-0.05, 0) is 31.5 Å². The Bertz CT molecular complexity index is 672. The van der Waals surface area contributed by atoms with Crippen molar-refractivity contribution in [1.82, 2.24) is 20.4 Å². The summed E-state index contributed by atoms with van der Waals surface area (Å²) in [7, 11) is 5.74. The lowest BCUT2D eigenvalue weighted by Crippen LogP contribution is -2.55. The van der Waals surface area contributed by atoms with Crippen molar-refractivity contribution in [2.45, 2.75) is 39.8 Å². The van der Waals surface area contributed by atoms with E-state index >= 15 is 0 Å². The number of benzene rings is 1. The van der Waals surface area contributed by atoms with E-state index in [2.05, 4.69) is 71.4 Å². The number of nitrogens with zero attached hydrogens (tertiary/aromatic N) is 3. The Morgan fingerprint density at radius 1 is 1.13 bits per heavy atom. The van der Waals surface area contributed by atoms with Crippen LogP contribution in [0.25, 0.3) is 0 Å². The van der Waals surface area contributed by atoms with Gasteiger partial charge in [-0.15, -0.1) is 0 Å². The number of piperazine rings is 1. The molecule has 1 aromatic carbocycles. The van der Waals surface area contributed by atoms with Crippen LogP contribution in [-0.2, 0) is 11.3 Å². The van der Waals surface area contributed by atoms with E-state index in [9.17, 15) is 0 Å². The summed E-state index contributed by atoms with van der Waals surface area (Å²) in [6.45, 7) is 14.1. The molecule has 1 aromatic rings. The second kappa shape index (κ2) is 13.6. The van der Waals surface area contributed by atoms with Gasteiger partial charge in [-0.1, -0.05) is 26.0 Å². The molecule has 7 nitrogen and oxygen atoms in total. The van der Waals surface area contributed by atoms with E-state index in [-0.39, 0.29) is 0 Å². The second-order valence-electron chi connectivity index (χ2n) is 8.76. The zero-order chi connectivity index (χ0) is 22.6. The molecule has 0 spiro atoms. The highest BCUT2D eigenvalue weighted by Gasteiger charge is 2.25. The largest absolute Gasteiger partial charge is 0.493 e. The highest BCUT2D eigenvalue weighted by molar-refractivity contribution is 5.79. The van der Waals surface area contributed by atoms with E-state index in [4.69, 9.17) is 9.47 Å². The lowest BCUT2D eigenvalue weighted by atomic mass is 10.0. The molecule has 2 rings (SSSR count). The van der Waals surface area contributed by atoms with E-state index < -0.39 is 0 Å². The van der Waals surface area contributed by atoms with Gasteiger partial charge in [0.25, 0.3) is 0 Å². The molecule has 0 saturated carbocycles. The van der Waals surface area contributed by atoms with Crippen molar-refractivity contribution >= 4 is 5.96 Å². The third kappa shape index (κ3) is 8.67. The van der Waals surface area contributed by atoms with Crippen LogP contribution in [0, 0.1) is 12.8 Å². The third-order valence-corrected chi connectivity index (χ3v) is 5.90. The highest BCUT2D eigenvalue weighted by Crippen LogP contribution is 2.20. The van der Waals surface area contributed by atoms with Crippen LogP contribution in [0.15, 0.2) is 23.2 Å². The molecule has 0 amide bonds. The first-order chi connectivity index (χ1) is 14.9. The van der Waals surface area contributed by atoms with Gasteiger partial charge in [0.1, 0.15) is 5.75 Å². The van der Waals surface area contributed by atoms with Crippen LogP contribution in [0.4, 0.5) is 0 Å². The Labute approximate surface area is 189 Å². The first-order valence-electron chi connectivity index (χ1n) is 11.5. The van der Waals surface area contributed by atoms with Crippen LogP contribution >= 0.6 is 0 Å². The first-order valence-corrected chi connectivity index (χ1v) is 11.5. The average Bonchev–Trinajstić information content (AvgIpc) is 2.75. The summed E-state index contributed by atoms with van der Waals surface area (Å²) in [4.78, 5) is 9.44. The van der Waals surface area contributed by atoms with Gasteiger partial charge in [-0.25, -0.2) is 0 Å². The topological polar surface area (TPSA) is 61.4 Å². The zero-order valence-electron chi connectivity index (χ0n) is 20.4. The van der Waals surface area contributed by atoms with Gasteiger partial charge in [0, 0.05) is 78.1 Å². The summed E-state index contributed by atoms with van der Waals surface area (Å²) >= 11 is 0. The van der Waals surface area contributed by atoms with Crippen molar-refractivity contribution in [3.63, 3.8) is 0 Å². The Kier molecular flexibility index (Phi) is 11.1. The number of guanidine groups is 1. The van der Waals surface area contributed by atoms with Crippen LogP contribution < -0.4 is 15.4 Å². The lowest BCUT2D eigenvalue weighted by molar-refractivity contribution is 0.0900. The van der Waals surface area contributed by atoms with Gasteiger partial charge in [-0.2, -0.15) is 0 Å². The number of aryl methyl sites for hydroxylation is 1. The second-order valence-corrected chi connectivity index (χ2v) is 8.76. The van der Waals surface area contributed by atoms with E-state index in [0.717, 1.165) is 56.4 Å². The zero-order valence-corrected chi connectivity index (χ0v) is 20.4. The molecule has 0 bridgehead atoms. The maximum Gasteiger partial charge on any atom is 0.191 e. The van der Waals surface area contributed by atoms with Crippen LogP contribution in [0.2, 0.25) is 0 Å². The van der Waals surface area contributed by atoms with Gasteiger partial charge in [0.15, 0.2) is 5.96 Å². The molecular formula is C24H43N5O2. The van der Waals surface area contributed by atoms with Crippen molar-refractivity contribution in [3.8, 4) is 5.75 Å². The summed E-state index contributed by atoms with van der Waals surface area (Å²) in [5.74, 6) is 2.33. The van der Waals surface area contributed by atoms with Gasteiger partial charge < -0.3 is 25.0 Å². The van der Waals surface area contributed by atoms with Crippen molar-refractivity contribution < 1.29 is 9.47 Å². The van der Waals surface area contributed by atoms with Crippen molar-refractivity contribution in [2.75, 3.05) is 67.1 Å². The summed E-state index contributed by atoms with van der Waals surface area (Å²) in [5, 5.41) is 7.01. The summed E-state index contributed by atoms with van der Waals surface area (Å²) in [6.07, 6.45) is 0.878. The Balaban J connectivity index is 1.90. The molecule has 1 fully saturated rings. The normalized spacial score (nSPS) is 17.1. The number of rotatable bonds is 11. The summed E-state index contributed by atoms with van der Waals surface area (Å²) in [5.41, 5.74) is 2.32. The van der Waals surface area contributed by atoms with E-state index in [1.54, 1.807) is 7.11 Å². The predicted molar refractivity (Wildman–Crippen MR) is 129 cm³/mol. The van der Waals surface area contributed by atoms with Crippen LogP contribution in [0.1, 0.15) is 31.4 Å². The van der Waals surface area contributed by atoms with Crippen molar-refractivity contribution in [3.05, 3.63) is 29.3 Å². The van der Waals surface area contributed by atoms with Crippen molar-refractivity contribution in [2.24, 2.45) is 10.9 Å². The molecule has 1 atom stereocenters. The van der Waals surface area contributed by atoms with Crippen LogP contribution in [0.5, 0.6) is 5.75 Å². The Hall–Kier alpha value is -1.83. The molecular weight excluding hydrogens is 390 g/mol. The molecule has 0 aliphatic carbocycles.